The summed E-state index contributed by atoms with van der Waals surface area (Å²) in [6, 6.07) is 12.6. The number of rotatable bonds is 7. The van der Waals surface area contributed by atoms with E-state index in [9.17, 15) is 13.2 Å². The summed E-state index contributed by atoms with van der Waals surface area (Å²) in [5, 5.41) is 0.556. The smallest absolute Gasteiger partial charge is 0.336 e. The highest BCUT2D eigenvalue weighted by atomic mass is 32.2. The number of hydrogen-bond acceptors (Lipinski definition) is 6. The van der Waals surface area contributed by atoms with E-state index in [1.807, 2.05) is 0 Å². The second-order valence-corrected chi connectivity index (χ2v) is 8.80. The summed E-state index contributed by atoms with van der Waals surface area (Å²) in [6.07, 6.45) is 1.63. The van der Waals surface area contributed by atoms with Gasteiger partial charge in [0.1, 0.15) is 17.1 Å². The van der Waals surface area contributed by atoms with E-state index in [1.54, 1.807) is 38.5 Å². The first-order valence-electron chi connectivity index (χ1n) is 9.19. The van der Waals surface area contributed by atoms with Crippen LogP contribution in [0.1, 0.15) is 18.4 Å². The van der Waals surface area contributed by atoms with E-state index >= 15 is 0 Å². The third-order valence-electron chi connectivity index (χ3n) is 4.97. The standard InChI is InChI=1S/C21H21NO6S/c1-26-17-6-8-19(27-2)15(11-17)13-22(16-4-5-16)29(24,25)18-7-9-20-14(12-18)3-10-21(23)28-20/h3,6-12,16H,4-5,13H2,1-2H3. The van der Waals surface area contributed by atoms with Crippen molar-refractivity contribution >= 4 is 21.0 Å². The van der Waals surface area contributed by atoms with Crippen LogP contribution in [-0.4, -0.2) is 33.0 Å². The van der Waals surface area contributed by atoms with Gasteiger partial charge >= 0.3 is 5.63 Å². The molecule has 8 heteroatoms. The Hall–Kier alpha value is -2.84. The van der Waals surface area contributed by atoms with Crippen molar-refractivity contribution in [2.45, 2.75) is 30.3 Å². The van der Waals surface area contributed by atoms with E-state index < -0.39 is 15.6 Å². The molecule has 29 heavy (non-hydrogen) atoms. The molecule has 0 bridgehead atoms. The minimum atomic E-state index is -3.76. The molecule has 0 amide bonds. The fourth-order valence-electron chi connectivity index (χ4n) is 3.29. The molecule has 0 atom stereocenters. The Morgan fingerprint density at radius 2 is 1.83 bits per heavy atom. The van der Waals surface area contributed by atoms with E-state index in [4.69, 9.17) is 13.9 Å². The number of ether oxygens (including phenoxy) is 2. The van der Waals surface area contributed by atoms with Crippen LogP contribution in [0.4, 0.5) is 0 Å². The summed E-state index contributed by atoms with van der Waals surface area (Å²) >= 11 is 0. The molecule has 0 unspecified atom stereocenters. The third-order valence-corrected chi connectivity index (χ3v) is 6.86. The van der Waals surface area contributed by atoms with Crippen molar-refractivity contribution in [1.82, 2.24) is 4.31 Å². The van der Waals surface area contributed by atoms with Gasteiger partial charge in [-0.2, -0.15) is 4.31 Å². The molecule has 1 fully saturated rings. The Morgan fingerprint density at radius 3 is 2.52 bits per heavy atom. The van der Waals surface area contributed by atoms with Gasteiger partial charge in [0.05, 0.1) is 19.1 Å². The molecule has 2 aromatic carbocycles. The van der Waals surface area contributed by atoms with Crippen LogP contribution in [-0.2, 0) is 16.6 Å². The van der Waals surface area contributed by atoms with Gasteiger partial charge in [-0.25, -0.2) is 13.2 Å². The maximum Gasteiger partial charge on any atom is 0.336 e. The van der Waals surface area contributed by atoms with Crippen molar-refractivity contribution < 1.29 is 22.3 Å². The topological polar surface area (TPSA) is 86.1 Å². The van der Waals surface area contributed by atoms with Crippen LogP contribution in [0.15, 0.2) is 62.6 Å². The Kier molecular flexibility index (Phi) is 5.06. The molecule has 0 aliphatic heterocycles. The Bertz CT molecular complexity index is 1210. The lowest BCUT2D eigenvalue weighted by Crippen LogP contribution is -2.32. The van der Waals surface area contributed by atoms with Gasteiger partial charge in [0.2, 0.25) is 10.0 Å². The van der Waals surface area contributed by atoms with Gasteiger partial charge in [0.15, 0.2) is 0 Å². The molecule has 1 aliphatic carbocycles. The van der Waals surface area contributed by atoms with Crippen LogP contribution in [0.25, 0.3) is 11.0 Å². The van der Waals surface area contributed by atoms with Crippen LogP contribution in [0.3, 0.4) is 0 Å². The highest BCUT2D eigenvalue weighted by Gasteiger charge is 2.38. The van der Waals surface area contributed by atoms with E-state index in [0.29, 0.717) is 22.5 Å². The Labute approximate surface area is 168 Å². The average molecular weight is 415 g/mol. The van der Waals surface area contributed by atoms with Crippen LogP contribution in [0, 0.1) is 0 Å². The molecule has 7 nitrogen and oxygen atoms in total. The van der Waals surface area contributed by atoms with Crippen LogP contribution in [0.5, 0.6) is 11.5 Å². The number of nitrogens with zero attached hydrogens (tertiary/aromatic N) is 1. The summed E-state index contributed by atoms with van der Waals surface area (Å²) in [5.74, 6) is 1.24. The summed E-state index contributed by atoms with van der Waals surface area (Å²) in [5.41, 5.74) is 0.607. The van der Waals surface area contributed by atoms with Crippen molar-refractivity contribution in [2.24, 2.45) is 0 Å². The fraction of sp³-hybridized carbons (Fsp3) is 0.286. The predicted molar refractivity (Wildman–Crippen MR) is 108 cm³/mol. The molecular weight excluding hydrogens is 394 g/mol. The highest BCUT2D eigenvalue weighted by molar-refractivity contribution is 7.89. The highest BCUT2D eigenvalue weighted by Crippen LogP contribution is 2.36. The molecule has 4 rings (SSSR count). The van der Waals surface area contributed by atoms with E-state index in [1.165, 1.54) is 28.6 Å². The average Bonchev–Trinajstić information content (AvgIpc) is 3.56. The van der Waals surface area contributed by atoms with E-state index in [-0.39, 0.29) is 17.5 Å². The van der Waals surface area contributed by atoms with Crippen LogP contribution < -0.4 is 15.1 Å². The lowest BCUT2D eigenvalue weighted by atomic mass is 10.2. The second kappa shape index (κ2) is 7.53. The zero-order chi connectivity index (χ0) is 20.6. The Morgan fingerprint density at radius 1 is 1.03 bits per heavy atom. The minimum absolute atomic E-state index is 0.0553. The summed E-state index contributed by atoms with van der Waals surface area (Å²) in [6.45, 7) is 0.176. The first kappa shape index (κ1) is 19.5. The van der Waals surface area contributed by atoms with Crippen molar-refractivity contribution in [3.8, 4) is 11.5 Å². The minimum Gasteiger partial charge on any atom is -0.497 e. The molecule has 0 radical (unpaired) electrons. The maximum atomic E-state index is 13.4. The lowest BCUT2D eigenvalue weighted by Gasteiger charge is -2.23. The first-order valence-corrected chi connectivity index (χ1v) is 10.6. The molecule has 1 saturated carbocycles. The zero-order valence-electron chi connectivity index (χ0n) is 16.1. The number of sulfonamides is 1. The molecule has 0 saturated heterocycles. The largest absolute Gasteiger partial charge is 0.497 e. The summed E-state index contributed by atoms with van der Waals surface area (Å²) in [7, 11) is -0.647. The van der Waals surface area contributed by atoms with E-state index in [2.05, 4.69) is 0 Å². The van der Waals surface area contributed by atoms with Gasteiger partial charge < -0.3 is 13.9 Å². The van der Waals surface area contributed by atoms with Gasteiger partial charge in [0, 0.05) is 29.6 Å². The molecule has 3 aromatic rings. The quantitative estimate of drug-likeness (QED) is 0.551. The molecule has 0 N–H and O–H groups in total. The molecular formula is C21H21NO6S. The summed E-state index contributed by atoms with van der Waals surface area (Å²) < 4.78 is 44.2. The van der Waals surface area contributed by atoms with Gasteiger partial charge in [-0.1, -0.05) is 0 Å². The molecule has 0 spiro atoms. The zero-order valence-corrected chi connectivity index (χ0v) is 16.9. The second-order valence-electron chi connectivity index (χ2n) is 6.91. The predicted octanol–water partition coefficient (Wildman–Crippen LogP) is 3.16. The lowest BCUT2D eigenvalue weighted by molar-refractivity contribution is 0.369. The van der Waals surface area contributed by atoms with Gasteiger partial charge in [-0.05, 0) is 55.3 Å². The third kappa shape index (κ3) is 3.86. The van der Waals surface area contributed by atoms with E-state index in [0.717, 1.165) is 18.4 Å². The fourth-order valence-corrected chi connectivity index (χ4v) is 4.99. The summed E-state index contributed by atoms with van der Waals surface area (Å²) in [4.78, 5) is 11.5. The SMILES string of the molecule is COc1ccc(OC)c(CN(C2CC2)S(=O)(=O)c2ccc3oc(=O)ccc3c2)c1. The molecule has 1 aromatic heterocycles. The van der Waals surface area contributed by atoms with Crippen LogP contribution in [0.2, 0.25) is 0 Å². The Balaban J connectivity index is 1.73. The van der Waals surface area contributed by atoms with Gasteiger partial charge in [0.25, 0.3) is 0 Å². The maximum absolute atomic E-state index is 13.4. The number of benzene rings is 2. The molecule has 1 aliphatic rings. The van der Waals surface area contributed by atoms with Crippen molar-refractivity contribution in [1.29, 1.82) is 0 Å². The van der Waals surface area contributed by atoms with Crippen molar-refractivity contribution in [3.63, 3.8) is 0 Å². The van der Waals surface area contributed by atoms with Crippen LogP contribution >= 0.6 is 0 Å². The van der Waals surface area contributed by atoms with Gasteiger partial charge in [-0.15, -0.1) is 0 Å². The molecule has 152 valence electrons. The van der Waals surface area contributed by atoms with Crippen molar-refractivity contribution in [3.05, 3.63) is 64.5 Å². The number of methoxy groups -OCH3 is 2. The van der Waals surface area contributed by atoms with Gasteiger partial charge in [-0.3, -0.25) is 0 Å². The molecule has 1 heterocycles. The first-order chi connectivity index (χ1) is 13.9. The number of fused-ring (bicyclic) bond motifs is 1. The number of hydrogen-bond donors (Lipinski definition) is 0. The van der Waals surface area contributed by atoms with Crippen molar-refractivity contribution in [2.75, 3.05) is 14.2 Å². The monoisotopic (exact) mass is 415 g/mol. The normalized spacial score (nSPS) is 14.3.